The van der Waals surface area contributed by atoms with E-state index in [4.69, 9.17) is 0 Å². The summed E-state index contributed by atoms with van der Waals surface area (Å²) in [4.78, 5) is 18.7. The van der Waals surface area contributed by atoms with Crippen molar-refractivity contribution in [3.63, 3.8) is 0 Å². The first-order chi connectivity index (χ1) is 14.2. The van der Waals surface area contributed by atoms with Gasteiger partial charge >= 0.3 is 0 Å². The number of amides is 1. The van der Waals surface area contributed by atoms with Crippen LogP contribution >= 0.6 is 24.0 Å². The van der Waals surface area contributed by atoms with Crippen molar-refractivity contribution in [3.8, 4) is 0 Å². The molecule has 0 spiro atoms. The van der Waals surface area contributed by atoms with Crippen molar-refractivity contribution in [3.05, 3.63) is 35.9 Å². The second-order valence-corrected chi connectivity index (χ2v) is 9.25. The van der Waals surface area contributed by atoms with Gasteiger partial charge in [0.2, 0.25) is 5.91 Å². The second kappa shape index (κ2) is 11.3. The van der Waals surface area contributed by atoms with Gasteiger partial charge in [-0.1, -0.05) is 36.8 Å². The van der Waals surface area contributed by atoms with Gasteiger partial charge in [0.1, 0.15) is 0 Å². The molecule has 2 bridgehead atoms. The summed E-state index contributed by atoms with van der Waals surface area (Å²) in [6.07, 6.45) is 8.69. The van der Waals surface area contributed by atoms with Crippen LogP contribution in [0, 0.1) is 23.7 Å². The molecule has 1 aromatic carbocycles. The molecule has 0 aromatic heterocycles. The van der Waals surface area contributed by atoms with E-state index in [2.05, 4.69) is 39.9 Å². The van der Waals surface area contributed by atoms with Crippen LogP contribution in [0.4, 0.5) is 0 Å². The molecule has 30 heavy (non-hydrogen) atoms. The minimum Gasteiger partial charge on any atom is -0.356 e. The number of carbonyl (C=O) groups excluding carboxylic acids is 1. The third kappa shape index (κ3) is 6.11. The number of aliphatic imine (C=N–C) groups is 1. The molecule has 3 fully saturated rings. The molecule has 2 N–H and O–H groups in total. The van der Waals surface area contributed by atoms with E-state index in [1.54, 1.807) is 0 Å². The van der Waals surface area contributed by atoms with Crippen LogP contribution in [-0.4, -0.2) is 50.0 Å². The fourth-order valence-corrected chi connectivity index (χ4v) is 5.68. The number of hydrogen-bond donors (Lipinski definition) is 2. The lowest BCUT2D eigenvalue weighted by Crippen LogP contribution is -2.41. The van der Waals surface area contributed by atoms with Gasteiger partial charge < -0.3 is 15.5 Å². The number of benzene rings is 1. The summed E-state index contributed by atoms with van der Waals surface area (Å²) >= 11 is 0. The average molecular weight is 524 g/mol. The Morgan fingerprint density at radius 2 is 2.00 bits per heavy atom. The van der Waals surface area contributed by atoms with Crippen LogP contribution in [-0.2, 0) is 11.2 Å². The molecular formula is C24H37IN4O. The molecule has 6 heteroatoms. The fourth-order valence-electron chi connectivity index (χ4n) is 5.68. The summed E-state index contributed by atoms with van der Waals surface area (Å²) in [6.45, 7) is 3.47. The number of carbonyl (C=O) groups is 1. The molecular weight excluding hydrogens is 487 g/mol. The summed E-state index contributed by atoms with van der Waals surface area (Å²) in [5, 5.41) is 6.93. The molecule has 4 atom stereocenters. The zero-order chi connectivity index (χ0) is 20.1. The van der Waals surface area contributed by atoms with Gasteiger partial charge in [0.15, 0.2) is 5.96 Å². The third-order valence-electron chi connectivity index (χ3n) is 7.28. The highest BCUT2D eigenvalue weighted by molar-refractivity contribution is 14.0. The monoisotopic (exact) mass is 524 g/mol. The molecule has 2 aliphatic carbocycles. The van der Waals surface area contributed by atoms with E-state index in [-0.39, 0.29) is 29.9 Å². The van der Waals surface area contributed by atoms with E-state index in [1.807, 2.05) is 18.0 Å². The van der Waals surface area contributed by atoms with Gasteiger partial charge in [-0.05, 0) is 55.4 Å². The first-order valence-corrected chi connectivity index (χ1v) is 11.5. The molecule has 0 radical (unpaired) electrons. The zero-order valence-electron chi connectivity index (χ0n) is 18.2. The van der Waals surface area contributed by atoms with Gasteiger partial charge in [-0.15, -0.1) is 24.0 Å². The molecule has 4 rings (SSSR count). The van der Waals surface area contributed by atoms with Crippen molar-refractivity contribution in [2.75, 3.05) is 33.2 Å². The van der Waals surface area contributed by atoms with Crippen LogP contribution in [0.25, 0.3) is 0 Å². The van der Waals surface area contributed by atoms with E-state index < -0.39 is 0 Å². The van der Waals surface area contributed by atoms with Crippen LogP contribution in [0.1, 0.15) is 44.1 Å². The van der Waals surface area contributed by atoms with Crippen LogP contribution in [0.15, 0.2) is 35.3 Å². The maximum Gasteiger partial charge on any atom is 0.223 e. The number of halogens is 1. The lowest BCUT2D eigenvalue weighted by molar-refractivity contribution is -0.127. The smallest absolute Gasteiger partial charge is 0.223 e. The summed E-state index contributed by atoms with van der Waals surface area (Å²) in [5.41, 5.74) is 1.29. The molecule has 1 aromatic rings. The average Bonchev–Trinajstić information content (AvgIpc) is 3.45. The lowest BCUT2D eigenvalue weighted by Gasteiger charge is -2.22. The van der Waals surface area contributed by atoms with E-state index in [9.17, 15) is 4.79 Å². The van der Waals surface area contributed by atoms with Crippen LogP contribution in [0.2, 0.25) is 0 Å². The Balaban J connectivity index is 0.00000256. The maximum atomic E-state index is 12.4. The van der Waals surface area contributed by atoms with Crippen LogP contribution in [0.3, 0.4) is 0 Å². The molecule has 5 nitrogen and oxygen atoms in total. The van der Waals surface area contributed by atoms with Crippen molar-refractivity contribution in [2.24, 2.45) is 28.7 Å². The topological polar surface area (TPSA) is 56.7 Å². The van der Waals surface area contributed by atoms with E-state index >= 15 is 0 Å². The summed E-state index contributed by atoms with van der Waals surface area (Å²) in [5.74, 6) is 4.46. The molecule has 1 aliphatic heterocycles. The fraction of sp³-hybridized carbons (Fsp3) is 0.667. The highest BCUT2D eigenvalue weighted by atomic mass is 127. The highest BCUT2D eigenvalue weighted by Crippen LogP contribution is 2.49. The zero-order valence-corrected chi connectivity index (χ0v) is 20.5. The summed E-state index contributed by atoms with van der Waals surface area (Å²) < 4.78 is 0. The number of likely N-dealkylation sites (tertiary alicyclic amines) is 1. The largest absolute Gasteiger partial charge is 0.356 e. The Morgan fingerprint density at radius 3 is 2.70 bits per heavy atom. The normalized spacial score (nSPS) is 28.0. The van der Waals surface area contributed by atoms with Gasteiger partial charge in [-0.25, -0.2) is 0 Å². The first-order valence-electron chi connectivity index (χ1n) is 11.5. The molecule has 3 aliphatic rings. The van der Waals surface area contributed by atoms with E-state index in [0.29, 0.717) is 12.3 Å². The molecule has 166 valence electrons. The minimum atomic E-state index is 0. The molecule has 1 heterocycles. The van der Waals surface area contributed by atoms with Crippen molar-refractivity contribution in [1.82, 2.24) is 15.5 Å². The summed E-state index contributed by atoms with van der Waals surface area (Å²) in [7, 11) is 1.83. The maximum absolute atomic E-state index is 12.4. The van der Waals surface area contributed by atoms with Crippen molar-refractivity contribution in [2.45, 2.75) is 44.9 Å². The third-order valence-corrected chi connectivity index (χ3v) is 7.28. The van der Waals surface area contributed by atoms with E-state index in [1.165, 1.54) is 37.7 Å². The highest BCUT2D eigenvalue weighted by Gasteiger charge is 2.38. The first kappa shape index (κ1) is 23.4. The Hall–Kier alpha value is -1.31. The molecule has 1 saturated heterocycles. The number of fused-ring (bicyclic) bond motifs is 2. The van der Waals surface area contributed by atoms with Crippen molar-refractivity contribution >= 4 is 35.8 Å². The van der Waals surface area contributed by atoms with Gasteiger partial charge in [0.05, 0.1) is 0 Å². The Bertz CT molecular complexity index is 710. The second-order valence-electron chi connectivity index (χ2n) is 9.25. The SMILES string of the molecule is CN=C(NCCC1CC2CCC1C2)NCC1CC(=O)N(CCc2ccccc2)C1.I. The minimum absolute atomic E-state index is 0. The van der Waals surface area contributed by atoms with Crippen molar-refractivity contribution < 1.29 is 4.79 Å². The number of hydrogen-bond acceptors (Lipinski definition) is 2. The summed E-state index contributed by atoms with van der Waals surface area (Å²) in [6, 6.07) is 10.4. The Kier molecular flexibility index (Phi) is 8.84. The van der Waals surface area contributed by atoms with Crippen LogP contribution < -0.4 is 10.6 Å². The molecule has 4 unspecified atom stereocenters. The Morgan fingerprint density at radius 1 is 1.17 bits per heavy atom. The number of rotatable bonds is 8. The Labute approximate surface area is 198 Å². The standard InChI is InChI=1S/C24H36N4O.HI/c1-25-24(26-11-9-22-14-19-7-8-21(22)13-19)27-16-20-15-23(29)28(17-20)12-10-18-5-3-2-4-6-18;/h2-6,19-22H,7-17H2,1H3,(H2,25,26,27);1H. The number of guanidine groups is 1. The molecule has 1 amide bonds. The van der Waals surface area contributed by atoms with Crippen LogP contribution in [0.5, 0.6) is 0 Å². The molecule has 2 saturated carbocycles. The lowest BCUT2D eigenvalue weighted by atomic mass is 9.86. The van der Waals surface area contributed by atoms with E-state index in [0.717, 1.165) is 56.3 Å². The predicted octanol–water partition coefficient (Wildman–Crippen LogP) is 3.69. The van der Waals surface area contributed by atoms with Gasteiger partial charge in [-0.2, -0.15) is 0 Å². The van der Waals surface area contributed by atoms with Gasteiger partial charge in [0, 0.05) is 45.6 Å². The van der Waals surface area contributed by atoms with Gasteiger partial charge in [-0.3, -0.25) is 9.79 Å². The van der Waals surface area contributed by atoms with Gasteiger partial charge in [0.25, 0.3) is 0 Å². The number of nitrogens with one attached hydrogen (secondary N) is 2. The predicted molar refractivity (Wildman–Crippen MR) is 133 cm³/mol. The van der Waals surface area contributed by atoms with Crippen molar-refractivity contribution in [1.29, 1.82) is 0 Å². The number of nitrogens with zero attached hydrogens (tertiary/aromatic N) is 2. The quantitative estimate of drug-likeness (QED) is 0.310.